The minimum absolute atomic E-state index is 0.441. The molecule has 4 rings (SSSR count). The molecule has 0 aliphatic carbocycles. The highest BCUT2D eigenvalue weighted by Crippen LogP contribution is 2.23. The average Bonchev–Trinajstić information content (AvgIpc) is 3.14. The molecule has 4 aromatic rings. The number of aromatic nitrogens is 4. The number of ether oxygens (including phenoxy) is 1. The molecule has 2 aromatic carbocycles. The molecular formula is C22H24N6O. The van der Waals surface area contributed by atoms with Crippen LogP contribution in [0.25, 0.3) is 28.1 Å². The van der Waals surface area contributed by atoms with Gasteiger partial charge < -0.3 is 15.8 Å². The van der Waals surface area contributed by atoms with Gasteiger partial charge in [0, 0.05) is 41.5 Å². The Morgan fingerprint density at radius 1 is 1.14 bits per heavy atom. The minimum atomic E-state index is 0.441. The maximum atomic E-state index is 5.87. The van der Waals surface area contributed by atoms with E-state index in [0.29, 0.717) is 30.0 Å². The number of nitrogens with zero attached hydrogens (tertiary/aromatic N) is 4. The average molecular weight is 388 g/mol. The molecular weight excluding hydrogens is 364 g/mol. The van der Waals surface area contributed by atoms with E-state index >= 15 is 0 Å². The van der Waals surface area contributed by atoms with E-state index in [9.17, 15) is 0 Å². The second-order valence-corrected chi connectivity index (χ2v) is 7.10. The third-order valence-electron chi connectivity index (χ3n) is 4.47. The highest BCUT2D eigenvalue weighted by atomic mass is 16.5. The molecule has 0 atom stereocenters. The van der Waals surface area contributed by atoms with E-state index in [1.165, 1.54) is 0 Å². The number of nitrogens with two attached hydrogens (primary N) is 1. The van der Waals surface area contributed by atoms with Gasteiger partial charge in [-0.15, -0.1) is 0 Å². The van der Waals surface area contributed by atoms with Gasteiger partial charge in [0.15, 0.2) is 11.6 Å². The van der Waals surface area contributed by atoms with Crippen molar-refractivity contribution in [3.8, 4) is 23.0 Å². The molecule has 148 valence electrons. The first kappa shape index (κ1) is 18.9. The third-order valence-corrected chi connectivity index (χ3v) is 4.47. The van der Waals surface area contributed by atoms with Gasteiger partial charge in [-0.2, -0.15) is 5.10 Å². The predicted octanol–water partition coefficient (Wildman–Crippen LogP) is 3.44. The van der Waals surface area contributed by atoms with Crippen LogP contribution in [0.3, 0.4) is 0 Å². The fraction of sp³-hybridized carbons (Fsp3) is 0.227. The lowest BCUT2D eigenvalue weighted by Crippen LogP contribution is -2.27. The van der Waals surface area contributed by atoms with E-state index < -0.39 is 0 Å². The molecule has 2 heterocycles. The Bertz CT molecular complexity index is 1120. The second kappa shape index (κ2) is 8.28. The summed E-state index contributed by atoms with van der Waals surface area (Å²) in [4.78, 5) is 9.14. The number of fused-ring (bicyclic) bond motifs is 1. The van der Waals surface area contributed by atoms with E-state index in [2.05, 4.69) is 29.2 Å². The van der Waals surface area contributed by atoms with Crippen LogP contribution in [0.2, 0.25) is 0 Å². The molecule has 7 heteroatoms. The summed E-state index contributed by atoms with van der Waals surface area (Å²) in [5, 5.41) is 8.77. The quantitative estimate of drug-likeness (QED) is 0.372. The molecule has 0 fully saturated rings. The van der Waals surface area contributed by atoms with Crippen LogP contribution in [0.5, 0.6) is 5.75 Å². The Balaban J connectivity index is 1.58. The fourth-order valence-electron chi connectivity index (χ4n) is 3.08. The monoisotopic (exact) mass is 388 g/mol. The Kier molecular flexibility index (Phi) is 5.39. The van der Waals surface area contributed by atoms with Crippen LogP contribution in [-0.2, 0) is 0 Å². The Hall–Kier alpha value is -3.45. The minimum Gasteiger partial charge on any atom is -0.492 e. The van der Waals surface area contributed by atoms with E-state index in [0.717, 1.165) is 28.8 Å². The molecule has 7 nitrogen and oxygen atoms in total. The molecule has 0 aliphatic heterocycles. The van der Waals surface area contributed by atoms with Crippen LogP contribution < -0.4 is 15.8 Å². The molecule has 0 aliphatic rings. The lowest BCUT2D eigenvalue weighted by molar-refractivity contribution is 0.309. The van der Waals surface area contributed by atoms with E-state index in [1.54, 1.807) is 17.1 Å². The van der Waals surface area contributed by atoms with E-state index in [-0.39, 0.29) is 0 Å². The Morgan fingerprint density at radius 3 is 2.90 bits per heavy atom. The van der Waals surface area contributed by atoms with E-state index in [1.807, 2.05) is 48.5 Å². The molecule has 29 heavy (non-hydrogen) atoms. The van der Waals surface area contributed by atoms with Gasteiger partial charge in [0.1, 0.15) is 12.4 Å². The van der Waals surface area contributed by atoms with Gasteiger partial charge >= 0.3 is 0 Å². The fourth-order valence-corrected chi connectivity index (χ4v) is 3.08. The normalized spacial score (nSPS) is 11.3. The van der Waals surface area contributed by atoms with Crippen molar-refractivity contribution in [3.05, 3.63) is 60.9 Å². The number of rotatable bonds is 7. The van der Waals surface area contributed by atoms with Crippen molar-refractivity contribution in [2.24, 2.45) is 0 Å². The second-order valence-electron chi connectivity index (χ2n) is 7.10. The molecule has 0 saturated carbocycles. The topological polar surface area (TPSA) is 90.9 Å². The van der Waals surface area contributed by atoms with Crippen LogP contribution in [0.4, 0.5) is 5.69 Å². The van der Waals surface area contributed by atoms with Crippen LogP contribution >= 0.6 is 0 Å². The lowest BCUT2D eigenvalue weighted by Gasteiger charge is -2.11. The molecule has 2 aromatic heterocycles. The number of hydrogen-bond acceptors (Lipinski definition) is 6. The van der Waals surface area contributed by atoms with Gasteiger partial charge in [-0.25, -0.2) is 14.6 Å². The van der Waals surface area contributed by atoms with Gasteiger partial charge in [-0.3, -0.25) is 0 Å². The summed E-state index contributed by atoms with van der Waals surface area (Å²) >= 11 is 0. The van der Waals surface area contributed by atoms with Crippen molar-refractivity contribution < 1.29 is 4.74 Å². The van der Waals surface area contributed by atoms with Crippen molar-refractivity contribution >= 4 is 16.6 Å². The number of hydrogen-bond donors (Lipinski definition) is 2. The van der Waals surface area contributed by atoms with Crippen LogP contribution in [0.1, 0.15) is 13.8 Å². The van der Waals surface area contributed by atoms with Gasteiger partial charge in [-0.05, 0) is 30.3 Å². The Morgan fingerprint density at radius 2 is 2.03 bits per heavy atom. The summed E-state index contributed by atoms with van der Waals surface area (Å²) in [6.45, 7) is 5.63. The SMILES string of the molecule is CC(C)NCCOc1cccc(-c2nccc(-n3ncc4cc(N)ccc43)n2)c1. The summed E-state index contributed by atoms with van der Waals surface area (Å²) in [5.41, 5.74) is 8.41. The van der Waals surface area contributed by atoms with Crippen molar-refractivity contribution in [1.82, 2.24) is 25.1 Å². The molecule has 0 bridgehead atoms. The smallest absolute Gasteiger partial charge is 0.161 e. The first-order valence-electron chi connectivity index (χ1n) is 9.63. The summed E-state index contributed by atoms with van der Waals surface area (Å²) in [5.74, 6) is 2.11. The van der Waals surface area contributed by atoms with Gasteiger partial charge in [0.2, 0.25) is 0 Å². The summed E-state index contributed by atoms with van der Waals surface area (Å²) < 4.78 is 7.63. The third kappa shape index (κ3) is 4.35. The highest BCUT2D eigenvalue weighted by Gasteiger charge is 2.09. The van der Waals surface area contributed by atoms with Gasteiger partial charge in [0.25, 0.3) is 0 Å². The molecule has 0 amide bonds. The van der Waals surface area contributed by atoms with Gasteiger partial charge in [0.05, 0.1) is 11.7 Å². The van der Waals surface area contributed by atoms with Crippen molar-refractivity contribution in [2.75, 3.05) is 18.9 Å². The molecule has 0 saturated heterocycles. The van der Waals surface area contributed by atoms with Crippen LogP contribution in [0.15, 0.2) is 60.9 Å². The Labute approximate surface area is 169 Å². The van der Waals surface area contributed by atoms with Gasteiger partial charge in [-0.1, -0.05) is 26.0 Å². The summed E-state index contributed by atoms with van der Waals surface area (Å²) in [6, 6.07) is 15.8. The van der Waals surface area contributed by atoms with Crippen molar-refractivity contribution in [2.45, 2.75) is 19.9 Å². The predicted molar refractivity (Wildman–Crippen MR) is 115 cm³/mol. The maximum Gasteiger partial charge on any atom is 0.161 e. The number of benzene rings is 2. The standard InChI is InChI=1S/C22H24N6O/c1-15(2)24-10-11-29-19-5-3-4-16(13-19)22-25-9-8-21(27-22)28-20-7-6-18(23)12-17(20)14-26-28/h3-9,12-15,24H,10-11,23H2,1-2H3. The van der Waals surface area contributed by atoms with Crippen LogP contribution in [-0.4, -0.2) is 38.9 Å². The molecule has 0 unspecified atom stereocenters. The zero-order valence-electron chi connectivity index (χ0n) is 16.5. The number of anilines is 1. The zero-order chi connectivity index (χ0) is 20.2. The zero-order valence-corrected chi connectivity index (χ0v) is 16.5. The molecule has 3 N–H and O–H groups in total. The lowest BCUT2D eigenvalue weighted by atomic mass is 10.2. The summed E-state index contributed by atoms with van der Waals surface area (Å²) in [7, 11) is 0. The first-order chi connectivity index (χ1) is 14.1. The van der Waals surface area contributed by atoms with Crippen molar-refractivity contribution in [3.63, 3.8) is 0 Å². The van der Waals surface area contributed by atoms with Crippen molar-refractivity contribution in [1.29, 1.82) is 0 Å². The molecule has 0 radical (unpaired) electrons. The highest BCUT2D eigenvalue weighted by molar-refractivity contribution is 5.83. The van der Waals surface area contributed by atoms with Crippen LogP contribution in [0, 0.1) is 0 Å². The number of nitrogens with one attached hydrogen (secondary N) is 1. The molecule has 0 spiro atoms. The van der Waals surface area contributed by atoms with E-state index in [4.69, 9.17) is 15.5 Å². The maximum absolute atomic E-state index is 5.87. The largest absolute Gasteiger partial charge is 0.492 e. The number of nitrogen functional groups attached to an aromatic ring is 1. The summed E-state index contributed by atoms with van der Waals surface area (Å²) in [6.07, 6.45) is 3.52. The first-order valence-corrected chi connectivity index (χ1v) is 9.63.